The molecule has 0 saturated carbocycles. The summed E-state index contributed by atoms with van der Waals surface area (Å²) in [6, 6.07) is 13.3. The van der Waals surface area contributed by atoms with Crippen LogP contribution < -0.4 is 15.0 Å². The van der Waals surface area contributed by atoms with Crippen molar-refractivity contribution in [3.05, 3.63) is 59.7 Å². The molecule has 0 bridgehead atoms. The van der Waals surface area contributed by atoms with Crippen LogP contribution in [0.25, 0.3) is 0 Å². The first-order chi connectivity index (χ1) is 15.0. The van der Waals surface area contributed by atoms with E-state index in [2.05, 4.69) is 15.0 Å². The normalized spacial score (nSPS) is 15.4. The Morgan fingerprint density at radius 1 is 1.06 bits per heavy atom. The molecule has 11 heteroatoms. The second-order valence-corrected chi connectivity index (χ2v) is 9.38. The minimum absolute atomic E-state index is 0.0855. The molecule has 0 spiro atoms. The second kappa shape index (κ2) is 9.78. The van der Waals surface area contributed by atoms with Crippen LogP contribution in [0, 0.1) is 6.92 Å². The topological polar surface area (TPSA) is 79.0 Å². The van der Waals surface area contributed by atoms with Crippen molar-refractivity contribution in [2.75, 3.05) is 36.8 Å². The van der Waals surface area contributed by atoms with Gasteiger partial charge in [-0.05, 0) is 30.7 Å². The monoisotopic (exact) mass is 471 g/mol. The number of benzene rings is 2. The highest BCUT2D eigenvalue weighted by molar-refractivity contribution is 7.89. The molecule has 2 aromatic carbocycles. The largest absolute Gasteiger partial charge is 0.573 e. The van der Waals surface area contributed by atoms with Gasteiger partial charge in [-0.2, -0.15) is 4.31 Å². The summed E-state index contributed by atoms with van der Waals surface area (Å²) in [4.78, 5) is 14.3. The van der Waals surface area contributed by atoms with Crippen molar-refractivity contribution in [3.63, 3.8) is 0 Å². The van der Waals surface area contributed by atoms with Gasteiger partial charge in [0.25, 0.3) is 0 Å². The van der Waals surface area contributed by atoms with E-state index in [9.17, 15) is 26.4 Å². The third-order valence-corrected chi connectivity index (χ3v) is 6.77. The first-order valence-corrected chi connectivity index (χ1v) is 11.5. The van der Waals surface area contributed by atoms with Crippen molar-refractivity contribution < 1.29 is 31.1 Å². The molecule has 0 aliphatic carbocycles. The smallest absolute Gasteiger partial charge is 0.405 e. The fraction of sp³-hybridized carbons (Fsp3) is 0.381. The molecular formula is C21H24F3N3O4S. The standard InChI is InChI=1S/C21H24F3N3O4S/c1-16-5-4-7-18(13-16)26-9-11-27(12-10-26)32(29,30)15-20(28)25-14-17-6-2-3-8-19(17)31-21(22,23)24/h2-8,13H,9-12,14-15H2,1H3,(H,25,28). The average molecular weight is 472 g/mol. The minimum Gasteiger partial charge on any atom is -0.405 e. The van der Waals surface area contributed by atoms with Crippen molar-refractivity contribution in [2.45, 2.75) is 19.8 Å². The van der Waals surface area contributed by atoms with E-state index in [0.717, 1.165) is 17.3 Å². The number of para-hydroxylation sites is 1. The van der Waals surface area contributed by atoms with E-state index in [1.54, 1.807) is 0 Å². The molecule has 0 unspecified atom stereocenters. The van der Waals surface area contributed by atoms with Gasteiger partial charge in [-0.15, -0.1) is 13.2 Å². The third-order valence-electron chi connectivity index (χ3n) is 4.99. The number of piperazine rings is 1. The lowest BCUT2D eigenvalue weighted by Crippen LogP contribution is -2.50. The number of nitrogens with one attached hydrogen (secondary N) is 1. The van der Waals surface area contributed by atoms with Crippen molar-refractivity contribution in [1.29, 1.82) is 0 Å². The van der Waals surface area contributed by atoms with Crippen molar-refractivity contribution in [3.8, 4) is 5.75 Å². The summed E-state index contributed by atoms with van der Waals surface area (Å²) in [5.74, 6) is -2.02. The number of ether oxygens (including phenoxy) is 1. The van der Waals surface area contributed by atoms with Gasteiger partial charge in [0, 0.05) is 44.0 Å². The summed E-state index contributed by atoms with van der Waals surface area (Å²) in [6.45, 7) is 3.16. The highest BCUT2D eigenvalue weighted by Gasteiger charge is 2.32. The van der Waals surface area contributed by atoms with Crippen molar-refractivity contribution in [2.24, 2.45) is 0 Å². The van der Waals surface area contributed by atoms with Crippen LogP contribution in [-0.2, 0) is 21.4 Å². The van der Waals surface area contributed by atoms with E-state index in [1.165, 1.54) is 22.5 Å². The van der Waals surface area contributed by atoms with E-state index in [-0.39, 0.29) is 25.2 Å². The molecule has 0 atom stereocenters. The molecule has 1 amide bonds. The zero-order valence-electron chi connectivity index (χ0n) is 17.4. The van der Waals surface area contributed by atoms with Crippen LogP contribution in [0.5, 0.6) is 5.75 Å². The summed E-state index contributed by atoms with van der Waals surface area (Å²) in [7, 11) is -3.86. The Labute approximate surface area is 184 Å². The van der Waals surface area contributed by atoms with Crippen LogP contribution >= 0.6 is 0 Å². The average Bonchev–Trinajstić information content (AvgIpc) is 2.72. The van der Waals surface area contributed by atoms with Gasteiger partial charge in [-0.3, -0.25) is 4.79 Å². The number of carbonyl (C=O) groups is 1. The number of alkyl halides is 3. The molecule has 1 heterocycles. The molecule has 2 aromatic rings. The van der Waals surface area contributed by atoms with Gasteiger partial charge < -0.3 is 15.0 Å². The number of aryl methyl sites for hydroxylation is 1. The molecule has 7 nitrogen and oxygen atoms in total. The van der Waals surface area contributed by atoms with Crippen LogP contribution in [0.4, 0.5) is 18.9 Å². The Bertz CT molecular complexity index is 1050. The summed E-state index contributed by atoms with van der Waals surface area (Å²) < 4.78 is 68.0. The highest BCUT2D eigenvalue weighted by atomic mass is 32.2. The third kappa shape index (κ3) is 6.60. The molecule has 1 aliphatic rings. The Morgan fingerprint density at radius 2 is 1.75 bits per heavy atom. The van der Waals surface area contributed by atoms with Crippen LogP contribution in [0.15, 0.2) is 48.5 Å². The SMILES string of the molecule is Cc1cccc(N2CCN(S(=O)(=O)CC(=O)NCc3ccccc3OC(F)(F)F)CC2)c1. The van der Waals surface area contributed by atoms with Gasteiger partial charge in [-0.1, -0.05) is 30.3 Å². The first-order valence-electron chi connectivity index (χ1n) is 9.93. The molecule has 174 valence electrons. The zero-order valence-corrected chi connectivity index (χ0v) is 18.2. The van der Waals surface area contributed by atoms with E-state index in [0.29, 0.717) is 13.1 Å². The van der Waals surface area contributed by atoms with E-state index >= 15 is 0 Å². The zero-order chi connectivity index (χ0) is 23.4. The molecule has 1 saturated heterocycles. The fourth-order valence-corrected chi connectivity index (χ4v) is 4.76. The quantitative estimate of drug-likeness (QED) is 0.672. The lowest BCUT2D eigenvalue weighted by molar-refractivity contribution is -0.274. The van der Waals surface area contributed by atoms with Gasteiger partial charge >= 0.3 is 6.36 Å². The number of anilines is 1. The number of nitrogens with zero attached hydrogens (tertiary/aromatic N) is 2. The predicted molar refractivity (Wildman–Crippen MR) is 114 cm³/mol. The number of hydrogen-bond acceptors (Lipinski definition) is 5. The van der Waals surface area contributed by atoms with Gasteiger partial charge in [0.15, 0.2) is 0 Å². The summed E-state index contributed by atoms with van der Waals surface area (Å²) in [5, 5.41) is 2.36. The number of carbonyl (C=O) groups excluding carboxylic acids is 1. The molecule has 0 aromatic heterocycles. The lowest BCUT2D eigenvalue weighted by Gasteiger charge is -2.35. The molecule has 3 rings (SSSR count). The highest BCUT2D eigenvalue weighted by Crippen LogP contribution is 2.26. The fourth-order valence-electron chi connectivity index (χ4n) is 3.43. The van der Waals surface area contributed by atoms with Crippen LogP contribution in [0.1, 0.15) is 11.1 Å². The van der Waals surface area contributed by atoms with Crippen LogP contribution in [-0.4, -0.2) is 56.9 Å². The minimum atomic E-state index is -4.87. The van der Waals surface area contributed by atoms with Crippen LogP contribution in [0.2, 0.25) is 0 Å². The number of halogens is 3. The van der Waals surface area contributed by atoms with Gasteiger partial charge in [-0.25, -0.2) is 8.42 Å². The van der Waals surface area contributed by atoms with Gasteiger partial charge in [0.1, 0.15) is 11.5 Å². The summed E-state index contributed by atoms with van der Waals surface area (Å²) >= 11 is 0. The van der Waals surface area contributed by atoms with E-state index in [4.69, 9.17) is 0 Å². The lowest BCUT2D eigenvalue weighted by atomic mass is 10.2. The Kier molecular flexibility index (Phi) is 7.29. The molecule has 32 heavy (non-hydrogen) atoms. The predicted octanol–water partition coefficient (Wildman–Crippen LogP) is 2.66. The maximum absolute atomic E-state index is 12.6. The number of hydrogen-bond donors (Lipinski definition) is 1. The summed E-state index contributed by atoms with van der Waals surface area (Å²) in [5.41, 5.74) is 2.21. The second-order valence-electron chi connectivity index (χ2n) is 7.41. The molecule has 1 aliphatic heterocycles. The maximum atomic E-state index is 12.6. The molecular weight excluding hydrogens is 447 g/mol. The Hall–Kier alpha value is -2.79. The number of amides is 1. The molecule has 1 N–H and O–H groups in total. The van der Waals surface area contributed by atoms with Gasteiger partial charge in [0.2, 0.25) is 15.9 Å². The number of sulfonamides is 1. The van der Waals surface area contributed by atoms with Gasteiger partial charge in [0.05, 0.1) is 0 Å². The van der Waals surface area contributed by atoms with Crippen molar-refractivity contribution in [1.82, 2.24) is 9.62 Å². The van der Waals surface area contributed by atoms with E-state index in [1.807, 2.05) is 31.2 Å². The number of rotatable bonds is 7. The summed E-state index contributed by atoms with van der Waals surface area (Å²) in [6.07, 6.45) is -4.87. The molecule has 0 radical (unpaired) electrons. The maximum Gasteiger partial charge on any atom is 0.573 e. The van der Waals surface area contributed by atoms with E-state index < -0.39 is 33.8 Å². The van der Waals surface area contributed by atoms with Crippen molar-refractivity contribution >= 4 is 21.6 Å². The first kappa shape index (κ1) is 23.9. The Morgan fingerprint density at radius 3 is 2.41 bits per heavy atom. The van der Waals surface area contributed by atoms with Crippen LogP contribution in [0.3, 0.4) is 0 Å². The molecule has 1 fully saturated rings. The Balaban J connectivity index is 1.53.